The molecule has 0 spiro atoms. The number of aryl methyl sites for hydroxylation is 1. The first kappa shape index (κ1) is 41.5. The van der Waals surface area contributed by atoms with E-state index < -0.39 is 23.9 Å². The SMILES string of the molecule is Cc1ccc(C(=O)NCCCOCCOCCOCCCNC(=O)CCC(C(=O)O)N2CCN(CC(=O)O)CCN(CC(=O)O)CC2)cc1. The Morgan fingerprint density at radius 1 is 0.694 bits per heavy atom. The minimum absolute atomic E-state index is 0.00994. The van der Waals surface area contributed by atoms with Crippen molar-refractivity contribution in [3.8, 4) is 0 Å². The van der Waals surface area contributed by atoms with Gasteiger partial charge in [-0.1, -0.05) is 17.7 Å². The Hall–Kier alpha value is -3.67. The van der Waals surface area contributed by atoms with Crippen molar-refractivity contribution in [2.75, 3.05) is 105 Å². The molecule has 1 fully saturated rings. The maximum atomic E-state index is 12.4. The van der Waals surface area contributed by atoms with Gasteiger partial charge in [0.05, 0.1) is 39.5 Å². The number of amides is 2. The molecule has 0 saturated carbocycles. The van der Waals surface area contributed by atoms with Crippen LogP contribution in [0.15, 0.2) is 24.3 Å². The highest BCUT2D eigenvalue weighted by Crippen LogP contribution is 2.11. The molecule has 0 radical (unpaired) electrons. The highest BCUT2D eigenvalue weighted by atomic mass is 16.5. The lowest BCUT2D eigenvalue weighted by molar-refractivity contribution is -0.144. The predicted octanol–water partition coefficient (Wildman–Crippen LogP) is -0.00678. The standard InChI is InChI=1S/C33H53N5O11/c1-26-4-6-27(7-5-26)32(44)35-11-3-19-48-21-23-49-22-20-47-18-2-10-34-29(39)9-8-28(33(45)46)38-16-14-36(24-30(40)41)12-13-37(15-17-38)25-31(42)43/h4-7,28H,2-3,8-25H2,1H3,(H,34,39)(H,35,44)(H,40,41)(H,42,43)(H,45,46). The van der Waals surface area contributed by atoms with Gasteiger partial charge in [0.25, 0.3) is 5.91 Å². The van der Waals surface area contributed by atoms with Crippen molar-refractivity contribution in [2.24, 2.45) is 0 Å². The van der Waals surface area contributed by atoms with Gasteiger partial charge in [-0.25, -0.2) is 0 Å². The summed E-state index contributed by atoms with van der Waals surface area (Å²) in [4.78, 5) is 64.2. The quantitative estimate of drug-likeness (QED) is 0.0903. The van der Waals surface area contributed by atoms with Gasteiger partial charge in [-0.2, -0.15) is 0 Å². The van der Waals surface area contributed by atoms with E-state index in [1.54, 1.807) is 26.8 Å². The molecule has 1 saturated heterocycles. The fraction of sp³-hybridized carbons (Fsp3) is 0.667. The normalized spacial score (nSPS) is 15.4. The van der Waals surface area contributed by atoms with Crippen molar-refractivity contribution >= 4 is 29.7 Å². The second-order valence-corrected chi connectivity index (χ2v) is 11.8. The van der Waals surface area contributed by atoms with Crippen LogP contribution in [0.1, 0.15) is 41.6 Å². The highest BCUT2D eigenvalue weighted by molar-refractivity contribution is 5.94. The first-order valence-corrected chi connectivity index (χ1v) is 16.7. The fourth-order valence-electron chi connectivity index (χ4n) is 5.11. The molecule has 1 aromatic rings. The van der Waals surface area contributed by atoms with Gasteiger partial charge >= 0.3 is 17.9 Å². The molecule has 0 aliphatic carbocycles. The molecular weight excluding hydrogens is 642 g/mol. The molecule has 2 amide bonds. The number of hydrogen-bond acceptors (Lipinski definition) is 11. The summed E-state index contributed by atoms with van der Waals surface area (Å²) < 4.78 is 16.5. The van der Waals surface area contributed by atoms with Gasteiger partial charge < -0.3 is 40.2 Å². The Morgan fingerprint density at radius 2 is 1.16 bits per heavy atom. The zero-order chi connectivity index (χ0) is 35.9. The lowest BCUT2D eigenvalue weighted by Gasteiger charge is -2.30. The molecule has 276 valence electrons. The minimum Gasteiger partial charge on any atom is -0.480 e. The monoisotopic (exact) mass is 695 g/mol. The number of aliphatic carboxylic acids is 3. The summed E-state index contributed by atoms with van der Waals surface area (Å²) in [6, 6.07) is 6.42. The lowest BCUT2D eigenvalue weighted by Crippen LogP contribution is -2.47. The largest absolute Gasteiger partial charge is 0.480 e. The summed E-state index contributed by atoms with van der Waals surface area (Å²) in [6.45, 7) is 6.82. The molecule has 16 heteroatoms. The minimum atomic E-state index is -1.09. The molecular formula is C33H53N5O11. The van der Waals surface area contributed by atoms with Crippen LogP contribution in [0.4, 0.5) is 0 Å². The summed E-state index contributed by atoms with van der Waals surface area (Å²) in [5.74, 6) is -3.52. The Kier molecular flexibility index (Phi) is 20.7. The van der Waals surface area contributed by atoms with Gasteiger partial charge in [0.15, 0.2) is 0 Å². The summed E-state index contributed by atoms with van der Waals surface area (Å²) in [6.07, 6.45) is 1.31. The molecule has 2 rings (SSSR count). The summed E-state index contributed by atoms with van der Waals surface area (Å²) in [7, 11) is 0. The van der Waals surface area contributed by atoms with Crippen LogP contribution < -0.4 is 10.6 Å². The number of carboxylic acids is 3. The van der Waals surface area contributed by atoms with Crippen LogP contribution in [0.5, 0.6) is 0 Å². The maximum absolute atomic E-state index is 12.4. The zero-order valence-electron chi connectivity index (χ0n) is 28.5. The Labute approximate surface area is 287 Å². The van der Waals surface area contributed by atoms with Crippen LogP contribution in [0.25, 0.3) is 0 Å². The number of nitrogens with one attached hydrogen (secondary N) is 2. The zero-order valence-corrected chi connectivity index (χ0v) is 28.5. The van der Waals surface area contributed by atoms with Crippen molar-refractivity contribution < 1.29 is 53.5 Å². The van der Waals surface area contributed by atoms with Gasteiger partial charge in [0, 0.05) is 77.6 Å². The van der Waals surface area contributed by atoms with Crippen LogP contribution in [-0.4, -0.2) is 171 Å². The molecule has 16 nitrogen and oxygen atoms in total. The van der Waals surface area contributed by atoms with E-state index in [-0.39, 0.29) is 50.8 Å². The molecule has 0 bridgehead atoms. The van der Waals surface area contributed by atoms with E-state index in [0.29, 0.717) is 97.3 Å². The van der Waals surface area contributed by atoms with E-state index in [2.05, 4.69) is 10.6 Å². The van der Waals surface area contributed by atoms with Gasteiger partial charge in [-0.05, 0) is 38.3 Å². The molecule has 1 aliphatic heterocycles. The topological polar surface area (TPSA) is 208 Å². The molecule has 1 aliphatic rings. The molecule has 1 unspecified atom stereocenters. The first-order valence-electron chi connectivity index (χ1n) is 16.7. The maximum Gasteiger partial charge on any atom is 0.320 e. The summed E-state index contributed by atoms with van der Waals surface area (Å²) in [5.41, 5.74) is 1.74. The number of hydrogen-bond donors (Lipinski definition) is 5. The molecule has 49 heavy (non-hydrogen) atoms. The lowest BCUT2D eigenvalue weighted by atomic mass is 10.1. The Bertz CT molecular complexity index is 1130. The van der Waals surface area contributed by atoms with E-state index in [0.717, 1.165) is 5.56 Å². The Morgan fingerprint density at radius 3 is 1.65 bits per heavy atom. The van der Waals surface area contributed by atoms with Crippen molar-refractivity contribution in [2.45, 2.75) is 38.6 Å². The third-order valence-corrected chi connectivity index (χ3v) is 7.82. The van der Waals surface area contributed by atoms with E-state index in [4.69, 9.17) is 14.2 Å². The second-order valence-electron chi connectivity index (χ2n) is 11.8. The van der Waals surface area contributed by atoms with Crippen LogP contribution >= 0.6 is 0 Å². The number of carbonyl (C=O) groups excluding carboxylic acids is 2. The van der Waals surface area contributed by atoms with Crippen LogP contribution in [0.2, 0.25) is 0 Å². The highest BCUT2D eigenvalue weighted by Gasteiger charge is 2.28. The number of benzene rings is 1. The second kappa shape index (κ2) is 24.5. The smallest absolute Gasteiger partial charge is 0.320 e. The third kappa shape index (κ3) is 19.2. The van der Waals surface area contributed by atoms with Crippen molar-refractivity contribution in [1.29, 1.82) is 0 Å². The number of carbonyl (C=O) groups is 5. The third-order valence-electron chi connectivity index (χ3n) is 7.82. The van der Waals surface area contributed by atoms with Crippen molar-refractivity contribution in [3.63, 3.8) is 0 Å². The van der Waals surface area contributed by atoms with E-state index in [1.807, 2.05) is 19.1 Å². The molecule has 0 aromatic heterocycles. The number of ether oxygens (including phenoxy) is 3. The van der Waals surface area contributed by atoms with E-state index >= 15 is 0 Å². The molecule has 1 heterocycles. The number of rotatable bonds is 24. The van der Waals surface area contributed by atoms with E-state index in [1.165, 1.54) is 0 Å². The fourth-order valence-corrected chi connectivity index (χ4v) is 5.11. The molecule has 1 aromatic carbocycles. The first-order chi connectivity index (χ1) is 23.5. The molecule has 1 atom stereocenters. The summed E-state index contributed by atoms with van der Waals surface area (Å²) >= 11 is 0. The average molecular weight is 696 g/mol. The van der Waals surface area contributed by atoms with Gasteiger partial charge in [0.2, 0.25) is 5.91 Å². The number of carboxylic acid groups (broad SMARTS) is 3. The van der Waals surface area contributed by atoms with E-state index in [9.17, 15) is 39.3 Å². The molecule has 5 N–H and O–H groups in total. The average Bonchev–Trinajstić information content (AvgIpc) is 3.13. The number of nitrogens with zero attached hydrogens (tertiary/aromatic N) is 3. The van der Waals surface area contributed by atoms with Crippen LogP contribution in [0, 0.1) is 6.92 Å². The van der Waals surface area contributed by atoms with Crippen molar-refractivity contribution in [3.05, 3.63) is 35.4 Å². The van der Waals surface area contributed by atoms with Gasteiger partial charge in [-0.3, -0.25) is 38.7 Å². The Balaban J connectivity index is 1.52. The summed E-state index contributed by atoms with van der Waals surface area (Å²) in [5, 5.41) is 34.0. The van der Waals surface area contributed by atoms with Crippen LogP contribution in [0.3, 0.4) is 0 Å². The van der Waals surface area contributed by atoms with Crippen molar-refractivity contribution in [1.82, 2.24) is 25.3 Å². The van der Waals surface area contributed by atoms with Gasteiger partial charge in [-0.15, -0.1) is 0 Å². The predicted molar refractivity (Wildman–Crippen MR) is 179 cm³/mol. The van der Waals surface area contributed by atoms with Gasteiger partial charge in [0.1, 0.15) is 6.04 Å². The van der Waals surface area contributed by atoms with Crippen LogP contribution in [-0.2, 0) is 33.4 Å².